The summed E-state index contributed by atoms with van der Waals surface area (Å²) in [6.45, 7) is 3.85. The van der Waals surface area contributed by atoms with E-state index < -0.39 is 0 Å². The Morgan fingerprint density at radius 2 is 2.00 bits per heavy atom. The lowest BCUT2D eigenvalue weighted by Crippen LogP contribution is -2.48. The molecule has 132 valence electrons. The van der Waals surface area contributed by atoms with Crippen LogP contribution in [0.15, 0.2) is 30.3 Å². The molecule has 1 saturated heterocycles. The lowest BCUT2D eigenvalue weighted by Gasteiger charge is -2.37. The largest absolute Gasteiger partial charge is 0.341 e. The Morgan fingerprint density at radius 1 is 1.30 bits per heavy atom. The molecule has 0 spiro atoms. The second-order valence-corrected chi connectivity index (χ2v) is 5.87. The van der Waals surface area contributed by atoms with Gasteiger partial charge in [-0.15, -0.1) is 24.8 Å². The highest BCUT2D eigenvalue weighted by Gasteiger charge is 2.25. The van der Waals surface area contributed by atoms with Crippen LogP contribution in [-0.2, 0) is 11.3 Å². The highest BCUT2D eigenvalue weighted by atomic mass is 35.5. The Morgan fingerprint density at radius 3 is 2.65 bits per heavy atom. The van der Waals surface area contributed by atoms with Crippen molar-refractivity contribution in [3.63, 3.8) is 0 Å². The molecule has 1 unspecified atom stereocenters. The van der Waals surface area contributed by atoms with Crippen LogP contribution in [0.25, 0.3) is 0 Å². The third-order valence-corrected chi connectivity index (χ3v) is 4.26. The van der Waals surface area contributed by atoms with Gasteiger partial charge in [-0.1, -0.05) is 30.3 Å². The number of amides is 1. The minimum Gasteiger partial charge on any atom is -0.341 e. The number of piperidine rings is 1. The third-order valence-electron chi connectivity index (χ3n) is 4.26. The minimum absolute atomic E-state index is 0. The predicted molar refractivity (Wildman–Crippen MR) is 101 cm³/mol. The van der Waals surface area contributed by atoms with Gasteiger partial charge in [0.25, 0.3) is 0 Å². The van der Waals surface area contributed by atoms with Crippen LogP contribution >= 0.6 is 24.8 Å². The summed E-state index contributed by atoms with van der Waals surface area (Å²) in [6.07, 6.45) is 2.87. The molecular formula is C17H29Cl2N3O. The van der Waals surface area contributed by atoms with Gasteiger partial charge in [0.05, 0.1) is 0 Å². The number of nitrogens with zero attached hydrogens (tertiary/aromatic N) is 2. The highest BCUT2D eigenvalue weighted by molar-refractivity contribution is 5.85. The Bertz CT molecular complexity index is 445. The molecule has 23 heavy (non-hydrogen) atoms. The number of hydrogen-bond acceptors (Lipinski definition) is 3. The van der Waals surface area contributed by atoms with Gasteiger partial charge in [0.2, 0.25) is 5.91 Å². The van der Waals surface area contributed by atoms with E-state index in [0.29, 0.717) is 12.5 Å². The topological polar surface area (TPSA) is 35.6 Å². The van der Waals surface area contributed by atoms with Crippen molar-refractivity contribution in [2.45, 2.75) is 31.8 Å². The molecule has 0 aliphatic carbocycles. The first kappa shape index (κ1) is 22.2. The number of nitrogens with one attached hydrogen (secondary N) is 1. The van der Waals surface area contributed by atoms with E-state index in [4.69, 9.17) is 0 Å². The van der Waals surface area contributed by atoms with Crippen LogP contribution in [0.3, 0.4) is 0 Å². The molecule has 1 aliphatic heterocycles. The quantitative estimate of drug-likeness (QED) is 0.845. The standard InChI is InChI=1S/C17H27N3O.2ClH/c1-18-11-10-17(21)19(2)16-9-6-12-20(14-16)13-15-7-4-3-5-8-15;;/h3-5,7-8,16,18H,6,9-14H2,1-2H3;2*1H. The van der Waals surface area contributed by atoms with Crippen LogP contribution in [0.1, 0.15) is 24.8 Å². The van der Waals surface area contributed by atoms with E-state index in [2.05, 4.69) is 40.5 Å². The summed E-state index contributed by atoms with van der Waals surface area (Å²) >= 11 is 0. The van der Waals surface area contributed by atoms with E-state index in [-0.39, 0.29) is 30.7 Å². The van der Waals surface area contributed by atoms with Crippen LogP contribution in [0.5, 0.6) is 0 Å². The lowest BCUT2D eigenvalue weighted by molar-refractivity contribution is -0.132. The molecule has 2 rings (SSSR count). The number of halogens is 2. The highest BCUT2D eigenvalue weighted by Crippen LogP contribution is 2.17. The molecule has 1 atom stereocenters. The molecule has 1 aromatic rings. The molecule has 4 nitrogen and oxygen atoms in total. The van der Waals surface area contributed by atoms with Gasteiger partial charge in [-0.3, -0.25) is 9.69 Å². The van der Waals surface area contributed by atoms with Crippen molar-refractivity contribution >= 4 is 30.7 Å². The van der Waals surface area contributed by atoms with Crippen molar-refractivity contribution in [2.75, 3.05) is 33.7 Å². The zero-order chi connectivity index (χ0) is 15.1. The van der Waals surface area contributed by atoms with E-state index >= 15 is 0 Å². The zero-order valence-electron chi connectivity index (χ0n) is 14.0. The maximum absolute atomic E-state index is 12.1. The van der Waals surface area contributed by atoms with Crippen molar-refractivity contribution in [1.29, 1.82) is 0 Å². The normalized spacial score (nSPS) is 17.7. The second-order valence-electron chi connectivity index (χ2n) is 5.87. The predicted octanol–water partition coefficient (Wildman–Crippen LogP) is 2.56. The maximum Gasteiger partial charge on any atom is 0.223 e. The van der Waals surface area contributed by atoms with Gasteiger partial charge in [-0.2, -0.15) is 0 Å². The first-order valence-electron chi connectivity index (χ1n) is 7.87. The number of hydrogen-bond donors (Lipinski definition) is 1. The molecule has 6 heteroatoms. The van der Waals surface area contributed by atoms with Gasteiger partial charge < -0.3 is 10.2 Å². The Hall–Kier alpha value is -0.810. The molecule has 0 aromatic heterocycles. The fraction of sp³-hybridized carbons (Fsp3) is 0.588. The van der Waals surface area contributed by atoms with Crippen LogP contribution < -0.4 is 5.32 Å². The van der Waals surface area contributed by atoms with Gasteiger partial charge in [0, 0.05) is 39.1 Å². The van der Waals surface area contributed by atoms with Crippen molar-refractivity contribution in [3.8, 4) is 0 Å². The van der Waals surface area contributed by atoms with Crippen molar-refractivity contribution in [2.24, 2.45) is 0 Å². The average Bonchev–Trinajstić information content (AvgIpc) is 2.53. The van der Waals surface area contributed by atoms with Gasteiger partial charge in [-0.25, -0.2) is 0 Å². The van der Waals surface area contributed by atoms with Crippen molar-refractivity contribution in [3.05, 3.63) is 35.9 Å². The summed E-state index contributed by atoms with van der Waals surface area (Å²) in [5.41, 5.74) is 1.35. The SMILES string of the molecule is CNCCC(=O)N(C)C1CCCN(Cc2ccccc2)C1.Cl.Cl. The molecule has 1 heterocycles. The monoisotopic (exact) mass is 361 g/mol. The summed E-state index contributed by atoms with van der Waals surface area (Å²) in [4.78, 5) is 16.6. The number of benzene rings is 1. The molecule has 1 aromatic carbocycles. The van der Waals surface area contributed by atoms with Crippen LogP contribution in [0, 0.1) is 0 Å². The van der Waals surface area contributed by atoms with Crippen LogP contribution in [0.2, 0.25) is 0 Å². The molecule has 1 amide bonds. The fourth-order valence-corrected chi connectivity index (χ4v) is 2.94. The number of carbonyl (C=O) groups excluding carboxylic acids is 1. The van der Waals surface area contributed by atoms with Gasteiger partial charge >= 0.3 is 0 Å². The van der Waals surface area contributed by atoms with E-state index in [0.717, 1.165) is 32.6 Å². The Labute approximate surface area is 152 Å². The molecule has 0 radical (unpaired) electrons. The summed E-state index contributed by atoms with van der Waals surface area (Å²) in [5.74, 6) is 0.246. The van der Waals surface area contributed by atoms with Crippen LogP contribution in [0.4, 0.5) is 0 Å². The number of likely N-dealkylation sites (tertiary alicyclic amines) is 1. The fourth-order valence-electron chi connectivity index (χ4n) is 2.94. The van der Waals surface area contributed by atoms with Gasteiger partial charge in [0.15, 0.2) is 0 Å². The Kier molecular flexibility index (Phi) is 11.3. The summed E-state index contributed by atoms with van der Waals surface area (Å²) in [6, 6.07) is 10.9. The number of carbonyl (C=O) groups is 1. The summed E-state index contributed by atoms with van der Waals surface area (Å²) < 4.78 is 0. The van der Waals surface area contributed by atoms with E-state index in [1.807, 2.05) is 19.0 Å². The van der Waals surface area contributed by atoms with E-state index in [1.165, 1.54) is 12.0 Å². The van der Waals surface area contributed by atoms with E-state index in [1.54, 1.807) is 0 Å². The molecule has 1 fully saturated rings. The molecule has 1 N–H and O–H groups in total. The number of likely N-dealkylation sites (N-methyl/N-ethyl adjacent to an activating group) is 1. The lowest BCUT2D eigenvalue weighted by atomic mass is 10.0. The first-order valence-corrected chi connectivity index (χ1v) is 7.87. The summed E-state index contributed by atoms with van der Waals surface area (Å²) in [5, 5.41) is 3.04. The second kappa shape index (κ2) is 11.7. The van der Waals surface area contributed by atoms with Gasteiger partial charge in [0.1, 0.15) is 0 Å². The van der Waals surface area contributed by atoms with Crippen LogP contribution in [-0.4, -0.2) is 55.5 Å². The maximum atomic E-state index is 12.1. The molecular weight excluding hydrogens is 333 g/mol. The molecule has 0 bridgehead atoms. The summed E-state index contributed by atoms with van der Waals surface area (Å²) in [7, 11) is 3.84. The van der Waals surface area contributed by atoms with E-state index in [9.17, 15) is 4.79 Å². The van der Waals surface area contributed by atoms with Gasteiger partial charge in [-0.05, 0) is 32.0 Å². The Balaban J connectivity index is 0.00000242. The third kappa shape index (κ3) is 7.08. The molecule has 1 aliphatic rings. The zero-order valence-corrected chi connectivity index (χ0v) is 15.7. The smallest absolute Gasteiger partial charge is 0.223 e. The minimum atomic E-state index is 0. The molecule has 0 saturated carbocycles. The van der Waals surface area contributed by atoms with Crippen molar-refractivity contribution in [1.82, 2.24) is 15.1 Å². The number of rotatable bonds is 6. The first-order chi connectivity index (χ1) is 10.2. The average molecular weight is 362 g/mol. The van der Waals surface area contributed by atoms with Crippen molar-refractivity contribution < 1.29 is 4.79 Å².